The van der Waals surface area contributed by atoms with Crippen molar-refractivity contribution in [1.82, 2.24) is 4.98 Å². The largest absolute Gasteiger partial charge is 0.489 e. The molecule has 1 heterocycles. The lowest BCUT2D eigenvalue weighted by molar-refractivity contribution is 0.363. The summed E-state index contributed by atoms with van der Waals surface area (Å²) in [6.07, 6.45) is 3.43. The lowest BCUT2D eigenvalue weighted by atomic mass is 10.2. The fourth-order valence-corrected chi connectivity index (χ4v) is 2.07. The van der Waals surface area contributed by atoms with Gasteiger partial charge in [0.1, 0.15) is 12.4 Å². The molecule has 0 aliphatic carbocycles. The van der Waals surface area contributed by atoms with Crippen LogP contribution in [0.2, 0.25) is 0 Å². The fourth-order valence-electron chi connectivity index (χ4n) is 1.43. The molecule has 98 valence electrons. The topological polar surface area (TPSA) is 46.5 Å². The van der Waals surface area contributed by atoms with Crippen LogP contribution in [0.5, 0.6) is 5.75 Å². The molecule has 2 rings (SSSR count). The molecule has 0 radical (unpaired) electrons. The number of aryl methyl sites for hydroxylation is 1. The summed E-state index contributed by atoms with van der Waals surface area (Å²) in [5.74, 6) is 0.781. The van der Waals surface area contributed by atoms with Gasteiger partial charge in [0.2, 0.25) is 5.13 Å². The summed E-state index contributed by atoms with van der Waals surface area (Å²) in [6.45, 7) is 6.06. The standard InChI is InChI=1S/C14H15N3OS/c1-3-8-18-13-7-5-4-6-12(13)9-15-17-14-16-11(2)10-19-14/h3-7,9-10H,1,8H2,2H3,(H,16,17)/b15-9-. The Balaban J connectivity index is 2.03. The molecule has 0 unspecified atom stereocenters. The third-order valence-corrected chi connectivity index (χ3v) is 3.12. The molecule has 0 atom stereocenters. The number of para-hydroxylation sites is 1. The number of nitrogens with one attached hydrogen (secondary N) is 1. The first-order valence-electron chi connectivity index (χ1n) is 5.83. The maximum Gasteiger partial charge on any atom is 0.203 e. The SMILES string of the molecule is C=CCOc1ccccc1/C=N\Nc1nc(C)cs1. The Bertz CT molecular complexity index is 578. The summed E-state index contributed by atoms with van der Waals surface area (Å²) >= 11 is 1.52. The first-order valence-corrected chi connectivity index (χ1v) is 6.71. The van der Waals surface area contributed by atoms with Crippen LogP contribution in [0.1, 0.15) is 11.3 Å². The number of nitrogens with zero attached hydrogens (tertiary/aromatic N) is 2. The van der Waals surface area contributed by atoms with E-state index in [1.165, 1.54) is 11.3 Å². The first-order chi connectivity index (χ1) is 9.29. The van der Waals surface area contributed by atoms with E-state index in [0.29, 0.717) is 6.61 Å². The van der Waals surface area contributed by atoms with Crippen molar-refractivity contribution in [2.45, 2.75) is 6.92 Å². The number of hydrazone groups is 1. The number of ether oxygens (including phenoxy) is 1. The van der Waals surface area contributed by atoms with Crippen LogP contribution >= 0.6 is 11.3 Å². The van der Waals surface area contributed by atoms with Gasteiger partial charge >= 0.3 is 0 Å². The van der Waals surface area contributed by atoms with E-state index in [-0.39, 0.29) is 0 Å². The monoisotopic (exact) mass is 273 g/mol. The van der Waals surface area contributed by atoms with E-state index < -0.39 is 0 Å². The van der Waals surface area contributed by atoms with E-state index in [1.807, 2.05) is 36.6 Å². The average Bonchev–Trinajstić information content (AvgIpc) is 2.83. The van der Waals surface area contributed by atoms with E-state index in [2.05, 4.69) is 22.1 Å². The molecule has 0 aliphatic rings. The number of aromatic nitrogens is 1. The number of rotatable bonds is 6. The van der Waals surface area contributed by atoms with Gasteiger partial charge in [0.25, 0.3) is 0 Å². The van der Waals surface area contributed by atoms with Gasteiger partial charge in [-0.05, 0) is 19.1 Å². The Labute approximate surface area is 116 Å². The molecule has 0 fully saturated rings. The second-order valence-corrected chi connectivity index (χ2v) is 4.66. The van der Waals surface area contributed by atoms with Crippen LogP contribution in [-0.2, 0) is 0 Å². The number of benzene rings is 1. The molecule has 1 aromatic carbocycles. The minimum atomic E-state index is 0.476. The maximum atomic E-state index is 5.54. The van der Waals surface area contributed by atoms with Crippen LogP contribution in [0.3, 0.4) is 0 Å². The van der Waals surface area contributed by atoms with Crippen molar-refractivity contribution in [2.24, 2.45) is 5.10 Å². The maximum absolute atomic E-state index is 5.54. The van der Waals surface area contributed by atoms with Crippen LogP contribution in [0.4, 0.5) is 5.13 Å². The van der Waals surface area contributed by atoms with Crippen LogP contribution < -0.4 is 10.2 Å². The Hall–Kier alpha value is -2.14. The van der Waals surface area contributed by atoms with Crippen molar-refractivity contribution < 1.29 is 4.74 Å². The van der Waals surface area contributed by atoms with Gasteiger partial charge in [-0.15, -0.1) is 11.3 Å². The molecule has 1 aromatic heterocycles. The number of anilines is 1. The lowest BCUT2D eigenvalue weighted by Crippen LogP contribution is -1.97. The van der Waals surface area contributed by atoms with Gasteiger partial charge in [-0.2, -0.15) is 5.10 Å². The molecule has 0 saturated carbocycles. The summed E-state index contributed by atoms with van der Waals surface area (Å²) < 4.78 is 5.54. The van der Waals surface area contributed by atoms with Crippen molar-refractivity contribution in [3.05, 3.63) is 53.6 Å². The van der Waals surface area contributed by atoms with Crippen molar-refractivity contribution >= 4 is 22.7 Å². The molecule has 0 bridgehead atoms. The molecule has 5 heteroatoms. The molecular formula is C14H15N3OS. The van der Waals surface area contributed by atoms with E-state index in [4.69, 9.17) is 4.74 Å². The normalized spacial score (nSPS) is 10.6. The van der Waals surface area contributed by atoms with Crippen molar-refractivity contribution in [3.63, 3.8) is 0 Å². The van der Waals surface area contributed by atoms with Gasteiger partial charge in [-0.25, -0.2) is 4.98 Å². The van der Waals surface area contributed by atoms with Crippen LogP contribution in [-0.4, -0.2) is 17.8 Å². The smallest absolute Gasteiger partial charge is 0.203 e. The molecule has 1 N–H and O–H groups in total. The minimum absolute atomic E-state index is 0.476. The average molecular weight is 273 g/mol. The zero-order valence-corrected chi connectivity index (χ0v) is 11.5. The van der Waals surface area contributed by atoms with Crippen LogP contribution in [0.15, 0.2) is 47.4 Å². The highest BCUT2D eigenvalue weighted by Gasteiger charge is 1.99. The quantitative estimate of drug-likeness (QED) is 0.498. The Morgan fingerprint density at radius 2 is 2.32 bits per heavy atom. The highest BCUT2D eigenvalue weighted by molar-refractivity contribution is 7.13. The van der Waals surface area contributed by atoms with Gasteiger partial charge in [-0.1, -0.05) is 24.8 Å². The summed E-state index contributed by atoms with van der Waals surface area (Å²) in [7, 11) is 0. The lowest BCUT2D eigenvalue weighted by Gasteiger charge is -2.05. The molecule has 0 amide bonds. The third kappa shape index (κ3) is 3.93. The minimum Gasteiger partial charge on any atom is -0.489 e. The molecule has 0 aliphatic heterocycles. The Morgan fingerprint density at radius 1 is 1.47 bits per heavy atom. The predicted octanol–water partition coefficient (Wildman–Crippen LogP) is 3.46. The van der Waals surface area contributed by atoms with E-state index in [1.54, 1.807) is 12.3 Å². The Morgan fingerprint density at radius 3 is 3.05 bits per heavy atom. The first kappa shape index (κ1) is 13.3. The van der Waals surface area contributed by atoms with E-state index >= 15 is 0 Å². The second-order valence-electron chi connectivity index (χ2n) is 3.80. The zero-order chi connectivity index (χ0) is 13.5. The van der Waals surface area contributed by atoms with Crippen molar-refractivity contribution in [3.8, 4) is 5.75 Å². The van der Waals surface area contributed by atoms with E-state index in [0.717, 1.165) is 22.1 Å². The van der Waals surface area contributed by atoms with Gasteiger partial charge in [0.15, 0.2) is 0 Å². The molecule has 0 spiro atoms. The summed E-state index contributed by atoms with van der Waals surface area (Å²) in [4.78, 5) is 4.26. The highest BCUT2D eigenvalue weighted by atomic mass is 32.1. The number of hydrogen-bond acceptors (Lipinski definition) is 5. The highest BCUT2D eigenvalue weighted by Crippen LogP contribution is 2.17. The fraction of sp³-hybridized carbons (Fsp3) is 0.143. The van der Waals surface area contributed by atoms with Gasteiger partial charge in [0, 0.05) is 10.9 Å². The summed E-state index contributed by atoms with van der Waals surface area (Å²) in [5.41, 5.74) is 4.79. The second kappa shape index (κ2) is 6.70. The third-order valence-electron chi connectivity index (χ3n) is 2.26. The van der Waals surface area contributed by atoms with E-state index in [9.17, 15) is 0 Å². The molecular weight excluding hydrogens is 258 g/mol. The molecule has 0 saturated heterocycles. The number of thiazole rings is 1. The van der Waals surface area contributed by atoms with Gasteiger partial charge in [0.05, 0.1) is 11.9 Å². The zero-order valence-electron chi connectivity index (χ0n) is 10.7. The predicted molar refractivity (Wildman–Crippen MR) is 80.2 cm³/mol. The van der Waals surface area contributed by atoms with Crippen LogP contribution in [0, 0.1) is 6.92 Å². The molecule has 4 nitrogen and oxygen atoms in total. The van der Waals surface area contributed by atoms with Crippen LogP contribution in [0.25, 0.3) is 0 Å². The van der Waals surface area contributed by atoms with Gasteiger partial charge < -0.3 is 4.74 Å². The molecule has 19 heavy (non-hydrogen) atoms. The molecule has 2 aromatic rings. The van der Waals surface area contributed by atoms with Gasteiger partial charge in [-0.3, -0.25) is 5.43 Å². The Kier molecular flexibility index (Phi) is 4.69. The number of hydrogen-bond donors (Lipinski definition) is 1. The van der Waals surface area contributed by atoms with Crippen molar-refractivity contribution in [1.29, 1.82) is 0 Å². The summed E-state index contributed by atoms with van der Waals surface area (Å²) in [5, 5.41) is 6.91. The summed E-state index contributed by atoms with van der Waals surface area (Å²) in [6, 6.07) is 7.71. The van der Waals surface area contributed by atoms with Crippen molar-refractivity contribution in [2.75, 3.05) is 12.0 Å².